The first-order valence-electron chi connectivity index (χ1n) is 9.81. The van der Waals surface area contributed by atoms with E-state index in [1.54, 1.807) is 4.90 Å². The Balaban J connectivity index is 1.62. The number of rotatable bonds is 9. The largest absolute Gasteiger partial charge is 0.484 e. The Hall–Kier alpha value is -2.41. The second kappa shape index (κ2) is 10.2. The zero-order chi connectivity index (χ0) is 19.8. The van der Waals surface area contributed by atoms with Gasteiger partial charge in [0, 0.05) is 19.6 Å². The molecule has 28 heavy (non-hydrogen) atoms. The highest BCUT2D eigenvalue weighted by Gasteiger charge is 2.33. The van der Waals surface area contributed by atoms with Gasteiger partial charge in [-0.2, -0.15) is 0 Å². The summed E-state index contributed by atoms with van der Waals surface area (Å²) in [7, 11) is 0. The molecular weight excluding hydrogens is 354 g/mol. The van der Waals surface area contributed by atoms with E-state index in [1.807, 2.05) is 54.6 Å². The predicted octanol–water partition coefficient (Wildman–Crippen LogP) is 1.32. The summed E-state index contributed by atoms with van der Waals surface area (Å²) in [5, 5.41) is 13.4. The maximum atomic E-state index is 12.9. The van der Waals surface area contributed by atoms with Crippen LogP contribution in [0.25, 0.3) is 0 Å². The van der Waals surface area contributed by atoms with Gasteiger partial charge in [-0.05, 0) is 42.6 Å². The molecule has 0 unspecified atom stereocenters. The second-order valence-corrected chi connectivity index (χ2v) is 7.13. The van der Waals surface area contributed by atoms with Gasteiger partial charge in [0.1, 0.15) is 5.75 Å². The zero-order valence-corrected chi connectivity index (χ0v) is 16.1. The molecule has 1 aliphatic rings. The number of benzene rings is 2. The first-order valence-corrected chi connectivity index (χ1v) is 9.81. The van der Waals surface area contributed by atoms with Gasteiger partial charge >= 0.3 is 0 Å². The second-order valence-electron chi connectivity index (χ2n) is 7.13. The number of carbonyl (C=O) groups excluding carboxylic acids is 1. The van der Waals surface area contributed by atoms with Crippen molar-refractivity contribution in [2.75, 3.05) is 26.2 Å². The fraction of sp³-hybridized carbons (Fsp3) is 0.409. The van der Waals surface area contributed by atoms with Crippen molar-refractivity contribution in [1.29, 1.82) is 0 Å². The van der Waals surface area contributed by atoms with Crippen LogP contribution in [0.3, 0.4) is 0 Å². The van der Waals surface area contributed by atoms with Gasteiger partial charge in [0.2, 0.25) is 0 Å². The van der Waals surface area contributed by atoms with E-state index in [1.165, 1.54) is 5.56 Å². The van der Waals surface area contributed by atoms with Crippen LogP contribution in [0, 0.1) is 0 Å². The number of hydrogen-bond acceptors (Lipinski definition) is 5. The number of β-amino-alcohol motifs (C(OH)–C–C–N with tert-alkyl or cyclic N) is 1. The summed E-state index contributed by atoms with van der Waals surface area (Å²) in [6.07, 6.45) is 1.31. The molecule has 0 radical (unpaired) electrons. The highest BCUT2D eigenvalue weighted by molar-refractivity contribution is 5.78. The van der Waals surface area contributed by atoms with Crippen molar-refractivity contribution in [3.8, 4) is 5.75 Å². The number of carbonyl (C=O) groups is 1. The minimum atomic E-state index is -0.575. The molecule has 3 rings (SSSR count). The molecule has 0 saturated carbocycles. The van der Waals surface area contributed by atoms with Crippen molar-refractivity contribution in [3.63, 3.8) is 0 Å². The fourth-order valence-corrected chi connectivity index (χ4v) is 3.43. The SMILES string of the molecule is NCCCc1ccc(OCC(=O)N(Cc2ccccc2)[C@@H]2CNC[C@H]2O)cc1. The standard InChI is InChI=1S/C22H29N3O3/c23-12-4-7-17-8-10-19(11-9-17)28-16-22(27)25(20-13-24-14-21(20)26)15-18-5-2-1-3-6-18/h1-3,5-6,8-11,20-21,24,26H,4,7,12-16,23H2/t20-,21-/m1/s1. The number of aryl methyl sites for hydroxylation is 1. The van der Waals surface area contributed by atoms with E-state index in [9.17, 15) is 9.90 Å². The van der Waals surface area contributed by atoms with Crippen LogP contribution in [0.2, 0.25) is 0 Å². The Kier molecular flexibility index (Phi) is 7.42. The molecule has 0 aliphatic carbocycles. The van der Waals surface area contributed by atoms with Crippen molar-refractivity contribution in [2.45, 2.75) is 31.5 Å². The molecule has 6 heteroatoms. The van der Waals surface area contributed by atoms with Gasteiger partial charge in [0.25, 0.3) is 5.91 Å². The van der Waals surface area contributed by atoms with Gasteiger partial charge in [0.15, 0.2) is 6.61 Å². The van der Waals surface area contributed by atoms with Gasteiger partial charge in [-0.3, -0.25) is 4.79 Å². The molecule has 150 valence electrons. The van der Waals surface area contributed by atoms with Crippen molar-refractivity contribution >= 4 is 5.91 Å². The molecule has 0 aromatic heterocycles. The van der Waals surface area contributed by atoms with Gasteiger partial charge in [-0.15, -0.1) is 0 Å². The van der Waals surface area contributed by atoms with Crippen LogP contribution in [-0.4, -0.2) is 54.3 Å². The molecule has 2 atom stereocenters. The number of ether oxygens (including phenoxy) is 1. The maximum absolute atomic E-state index is 12.9. The zero-order valence-electron chi connectivity index (χ0n) is 16.1. The molecule has 0 spiro atoms. The molecular formula is C22H29N3O3. The molecule has 1 saturated heterocycles. The average Bonchev–Trinajstić information content (AvgIpc) is 3.15. The Bertz CT molecular complexity index is 736. The van der Waals surface area contributed by atoms with Crippen LogP contribution in [-0.2, 0) is 17.8 Å². The van der Waals surface area contributed by atoms with Crippen LogP contribution in [0.1, 0.15) is 17.5 Å². The summed E-state index contributed by atoms with van der Waals surface area (Å²) in [6.45, 7) is 2.14. The van der Waals surface area contributed by atoms with Crippen LogP contribution in [0.15, 0.2) is 54.6 Å². The average molecular weight is 383 g/mol. The Morgan fingerprint density at radius 3 is 2.50 bits per heavy atom. The highest BCUT2D eigenvalue weighted by Crippen LogP contribution is 2.17. The fourth-order valence-electron chi connectivity index (χ4n) is 3.43. The topological polar surface area (TPSA) is 87.8 Å². The molecule has 1 fully saturated rings. The molecule has 1 amide bonds. The van der Waals surface area contributed by atoms with E-state index in [0.29, 0.717) is 31.9 Å². The quantitative estimate of drug-likeness (QED) is 0.608. The maximum Gasteiger partial charge on any atom is 0.261 e. The number of amides is 1. The summed E-state index contributed by atoms with van der Waals surface area (Å²) in [5.74, 6) is 0.526. The van der Waals surface area contributed by atoms with Crippen LogP contribution in [0.4, 0.5) is 0 Å². The van der Waals surface area contributed by atoms with Gasteiger partial charge in [0.05, 0.1) is 12.1 Å². The van der Waals surface area contributed by atoms with Crippen LogP contribution in [0.5, 0.6) is 5.75 Å². The lowest BCUT2D eigenvalue weighted by Crippen LogP contribution is -2.48. The number of aliphatic hydroxyl groups is 1. The summed E-state index contributed by atoms with van der Waals surface area (Å²) in [5.41, 5.74) is 7.77. The Morgan fingerprint density at radius 1 is 1.11 bits per heavy atom. The number of hydrogen-bond donors (Lipinski definition) is 3. The number of nitrogens with two attached hydrogens (primary N) is 1. The molecule has 2 aromatic rings. The predicted molar refractivity (Wildman–Crippen MR) is 109 cm³/mol. The van der Waals surface area contributed by atoms with Crippen molar-refractivity contribution in [3.05, 3.63) is 65.7 Å². The molecule has 6 nitrogen and oxygen atoms in total. The van der Waals surface area contributed by atoms with Crippen molar-refractivity contribution < 1.29 is 14.6 Å². The minimum absolute atomic E-state index is 0.0573. The molecule has 2 aromatic carbocycles. The molecule has 1 heterocycles. The van der Waals surface area contributed by atoms with Gasteiger partial charge in [-0.25, -0.2) is 0 Å². The van der Waals surface area contributed by atoms with E-state index >= 15 is 0 Å². The highest BCUT2D eigenvalue weighted by atomic mass is 16.5. The number of nitrogens with one attached hydrogen (secondary N) is 1. The van der Waals surface area contributed by atoms with Gasteiger partial charge in [-0.1, -0.05) is 42.5 Å². The lowest BCUT2D eigenvalue weighted by molar-refractivity contribution is -0.138. The number of aliphatic hydroxyl groups excluding tert-OH is 1. The third-order valence-corrected chi connectivity index (χ3v) is 5.02. The van der Waals surface area contributed by atoms with E-state index in [4.69, 9.17) is 10.5 Å². The molecule has 1 aliphatic heterocycles. The summed E-state index contributed by atoms with van der Waals surface area (Å²) in [4.78, 5) is 14.6. The monoisotopic (exact) mass is 383 g/mol. The van der Waals surface area contributed by atoms with Crippen molar-refractivity contribution in [2.24, 2.45) is 5.73 Å². The van der Waals surface area contributed by atoms with E-state index in [2.05, 4.69) is 5.32 Å². The normalized spacial score (nSPS) is 18.8. The lowest BCUT2D eigenvalue weighted by Gasteiger charge is -2.30. The third kappa shape index (κ3) is 5.55. The van der Waals surface area contributed by atoms with Crippen LogP contribution < -0.4 is 15.8 Å². The molecule has 4 N–H and O–H groups in total. The first-order chi connectivity index (χ1) is 13.7. The van der Waals surface area contributed by atoms with E-state index < -0.39 is 6.10 Å². The number of nitrogens with zero attached hydrogens (tertiary/aromatic N) is 1. The minimum Gasteiger partial charge on any atom is -0.484 e. The first kappa shape index (κ1) is 20.3. The van der Waals surface area contributed by atoms with Gasteiger partial charge < -0.3 is 25.8 Å². The summed E-state index contributed by atoms with van der Waals surface area (Å²) < 4.78 is 5.72. The Morgan fingerprint density at radius 2 is 1.86 bits per heavy atom. The van der Waals surface area contributed by atoms with Crippen molar-refractivity contribution in [1.82, 2.24) is 10.2 Å². The lowest BCUT2D eigenvalue weighted by atomic mass is 10.1. The molecule has 0 bridgehead atoms. The van der Waals surface area contributed by atoms with E-state index in [0.717, 1.165) is 18.4 Å². The Labute approximate surface area is 166 Å². The van der Waals surface area contributed by atoms with Crippen LogP contribution >= 0.6 is 0 Å². The summed E-state index contributed by atoms with van der Waals surface area (Å²) >= 11 is 0. The third-order valence-electron chi connectivity index (χ3n) is 5.02. The smallest absolute Gasteiger partial charge is 0.261 e. The summed E-state index contributed by atoms with van der Waals surface area (Å²) in [6, 6.07) is 17.3. The van der Waals surface area contributed by atoms with E-state index in [-0.39, 0.29) is 18.6 Å².